The summed E-state index contributed by atoms with van der Waals surface area (Å²) in [7, 11) is 0. The molecular formula is C16H15N7O2S. The molecule has 0 aliphatic rings. The number of rotatable bonds is 5. The van der Waals surface area contributed by atoms with E-state index in [4.69, 9.17) is 4.52 Å². The molecule has 0 bridgehead atoms. The van der Waals surface area contributed by atoms with E-state index >= 15 is 0 Å². The Kier molecular flexibility index (Phi) is 4.32. The molecular weight excluding hydrogens is 354 g/mol. The Morgan fingerprint density at radius 2 is 2.12 bits per heavy atom. The van der Waals surface area contributed by atoms with Gasteiger partial charge in [-0.05, 0) is 30.5 Å². The Labute approximate surface area is 152 Å². The van der Waals surface area contributed by atoms with Gasteiger partial charge in [-0.15, -0.1) is 21.5 Å². The molecule has 0 spiro atoms. The molecule has 2 N–H and O–H groups in total. The molecule has 132 valence electrons. The first-order chi connectivity index (χ1) is 12.7. The summed E-state index contributed by atoms with van der Waals surface area (Å²) in [6.45, 7) is 2.48. The van der Waals surface area contributed by atoms with Gasteiger partial charge in [0.25, 0.3) is 5.89 Å². The van der Waals surface area contributed by atoms with Gasteiger partial charge in [0.2, 0.25) is 0 Å². The summed E-state index contributed by atoms with van der Waals surface area (Å²) in [5.74, 6) is 1.53. The highest BCUT2D eigenvalue weighted by Gasteiger charge is 2.15. The van der Waals surface area contributed by atoms with Crippen LogP contribution in [0.5, 0.6) is 0 Å². The van der Waals surface area contributed by atoms with Crippen molar-refractivity contribution >= 4 is 23.0 Å². The second kappa shape index (κ2) is 6.92. The summed E-state index contributed by atoms with van der Waals surface area (Å²) in [6, 6.07) is 7.33. The number of carbonyl (C=O) groups excluding carboxylic acids is 1. The molecule has 0 fully saturated rings. The van der Waals surface area contributed by atoms with Crippen LogP contribution in [0.4, 0.5) is 4.79 Å². The Bertz CT molecular complexity index is 1040. The van der Waals surface area contributed by atoms with Gasteiger partial charge in [0, 0.05) is 11.1 Å². The Morgan fingerprint density at radius 3 is 2.88 bits per heavy atom. The van der Waals surface area contributed by atoms with Crippen molar-refractivity contribution in [3.05, 3.63) is 52.4 Å². The number of fused-ring (bicyclic) bond motifs is 1. The maximum absolute atomic E-state index is 12.0. The van der Waals surface area contributed by atoms with Crippen molar-refractivity contribution < 1.29 is 9.32 Å². The van der Waals surface area contributed by atoms with Crippen LogP contribution in [0.15, 0.2) is 40.4 Å². The van der Waals surface area contributed by atoms with Crippen molar-refractivity contribution in [1.29, 1.82) is 0 Å². The van der Waals surface area contributed by atoms with Crippen LogP contribution in [0.2, 0.25) is 0 Å². The molecule has 0 radical (unpaired) electrons. The maximum atomic E-state index is 12.0. The molecule has 0 aliphatic heterocycles. The number of hydrogen-bond donors (Lipinski definition) is 2. The average Bonchev–Trinajstić information content (AvgIpc) is 3.38. The first kappa shape index (κ1) is 16.2. The molecule has 9 nitrogen and oxygen atoms in total. The molecule has 4 aromatic rings. The fourth-order valence-electron chi connectivity index (χ4n) is 2.46. The molecule has 4 rings (SSSR count). The average molecular weight is 369 g/mol. The highest BCUT2D eigenvalue weighted by atomic mass is 32.1. The smallest absolute Gasteiger partial charge is 0.315 e. The van der Waals surface area contributed by atoms with Crippen molar-refractivity contribution in [2.24, 2.45) is 0 Å². The third-order valence-corrected chi connectivity index (χ3v) is 4.55. The minimum absolute atomic E-state index is 0.240. The molecule has 0 atom stereocenters. The summed E-state index contributed by atoms with van der Waals surface area (Å²) in [4.78, 5) is 17.3. The zero-order valence-electron chi connectivity index (χ0n) is 13.8. The van der Waals surface area contributed by atoms with Crippen LogP contribution in [-0.4, -0.2) is 30.8 Å². The van der Waals surface area contributed by atoms with Crippen molar-refractivity contribution in [2.45, 2.75) is 20.0 Å². The van der Waals surface area contributed by atoms with Gasteiger partial charge in [0.05, 0.1) is 18.7 Å². The first-order valence-corrected chi connectivity index (χ1v) is 8.76. The largest absolute Gasteiger partial charge is 0.334 e. The molecule has 0 aromatic carbocycles. The summed E-state index contributed by atoms with van der Waals surface area (Å²) < 4.78 is 7.00. The number of amides is 2. The summed E-state index contributed by atoms with van der Waals surface area (Å²) >= 11 is 1.59. The molecule has 4 heterocycles. The minimum Gasteiger partial charge on any atom is -0.334 e. The van der Waals surface area contributed by atoms with Crippen LogP contribution >= 0.6 is 11.3 Å². The van der Waals surface area contributed by atoms with Crippen LogP contribution in [0, 0.1) is 6.92 Å². The number of aromatic nitrogens is 5. The number of hydrogen-bond acceptors (Lipinski definition) is 7. The summed E-state index contributed by atoms with van der Waals surface area (Å²) in [5.41, 5.74) is 1.28. The molecule has 26 heavy (non-hydrogen) atoms. The van der Waals surface area contributed by atoms with Crippen LogP contribution in [0.3, 0.4) is 0 Å². The highest BCUT2D eigenvalue weighted by Crippen LogP contribution is 2.21. The number of urea groups is 1. The summed E-state index contributed by atoms with van der Waals surface area (Å²) in [5, 5.41) is 19.7. The van der Waals surface area contributed by atoms with E-state index in [2.05, 4.69) is 31.0 Å². The number of carbonyl (C=O) groups is 1. The molecule has 0 aliphatic carbocycles. The van der Waals surface area contributed by atoms with Gasteiger partial charge >= 0.3 is 6.03 Å². The van der Waals surface area contributed by atoms with Crippen LogP contribution < -0.4 is 10.6 Å². The normalized spacial score (nSPS) is 11.0. The second-order valence-corrected chi connectivity index (χ2v) is 6.53. The Hall–Kier alpha value is -3.27. The number of nitrogens with zero attached hydrogens (tertiary/aromatic N) is 5. The monoisotopic (exact) mass is 369 g/mol. The molecule has 0 unspecified atom stereocenters. The van der Waals surface area contributed by atoms with E-state index in [1.165, 1.54) is 0 Å². The third kappa shape index (κ3) is 3.26. The van der Waals surface area contributed by atoms with Crippen LogP contribution in [-0.2, 0) is 13.1 Å². The topological polar surface area (TPSA) is 110 Å². The van der Waals surface area contributed by atoms with E-state index in [9.17, 15) is 4.79 Å². The van der Waals surface area contributed by atoms with Gasteiger partial charge in [-0.2, -0.15) is 4.98 Å². The number of aryl methyl sites for hydroxylation is 1. The van der Waals surface area contributed by atoms with E-state index in [0.29, 0.717) is 35.3 Å². The van der Waals surface area contributed by atoms with E-state index in [0.717, 1.165) is 4.88 Å². The van der Waals surface area contributed by atoms with E-state index in [1.54, 1.807) is 22.7 Å². The quantitative estimate of drug-likeness (QED) is 0.558. The van der Waals surface area contributed by atoms with Crippen molar-refractivity contribution in [3.8, 4) is 11.5 Å². The van der Waals surface area contributed by atoms with Gasteiger partial charge in [-0.25, -0.2) is 4.79 Å². The lowest BCUT2D eigenvalue weighted by atomic mass is 10.2. The van der Waals surface area contributed by atoms with Crippen LogP contribution in [0.25, 0.3) is 17.1 Å². The third-order valence-electron chi connectivity index (χ3n) is 3.67. The fraction of sp³-hybridized carbons (Fsp3) is 0.188. The predicted molar refractivity (Wildman–Crippen MR) is 94.4 cm³/mol. The van der Waals surface area contributed by atoms with Gasteiger partial charge in [-0.3, -0.25) is 4.40 Å². The number of thiophene rings is 1. The maximum Gasteiger partial charge on any atom is 0.315 e. The molecule has 10 heteroatoms. The zero-order chi connectivity index (χ0) is 17.9. The second-order valence-electron chi connectivity index (χ2n) is 5.49. The van der Waals surface area contributed by atoms with E-state index in [-0.39, 0.29) is 12.6 Å². The Balaban J connectivity index is 1.46. The van der Waals surface area contributed by atoms with Gasteiger partial charge < -0.3 is 15.2 Å². The van der Waals surface area contributed by atoms with Crippen molar-refractivity contribution in [1.82, 2.24) is 35.4 Å². The molecule has 0 saturated heterocycles. The lowest BCUT2D eigenvalue weighted by molar-refractivity contribution is 0.240. The van der Waals surface area contributed by atoms with Gasteiger partial charge in [0.1, 0.15) is 0 Å². The highest BCUT2D eigenvalue weighted by molar-refractivity contribution is 7.09. The summed E-state index contributed by atoms with van der Waals surface area (Å²) in [6.07, 6.45) is 1.82. The minimum atomic E-state index is -0.265. The van der Waals surface area contributed by atoms with Gasteiger partial charge in [-0.1, -0.05) is 11.2 Å². The van der Waals surface area contributed by atoms with E-state index in [1.807, 2.05) is 35.8 Å². The van der Waals surface area contributed by atoms with Crippen molar-refractivity contribution in [2.75, 3.05) is 0 Å². The van der Waals surface area contributed by atoms with Gasteiger partial charge in [0.15, 0.2) is 17.3 Å². The SMILES string of the molecule is Cc1noc(-c2cccn3c(CNC(=O)NCc4cccs4)nnc23)n1. The number of nitrogens with one attached hydrogen (secondary N) is 2. The molecule has 2 amide bonds. The van der Waals surface area contributed by atoms with Crippen molar-refractivity contribution in [3.63, 3.8) is 0 Å². The standard InChI is InChI=1S/C16H15N7O2S/c1-10-19-15(25-22-10)12-5-2-6-23-13(20-21-14(12)23)9-18-16(24)17-8-11-4-3-7-26-11/h2-7H,8-9H2,1H3,(H2,17,18,24). The fourth-order valence-corrected chi connectivity index (χ4v) is 3.10. The zero-order valence-corrected chi connectivity index (χ0v) is 14.7. The van der Waals surface area contributed by atoms with E-state index < -0.39 is 0 Å². The predicted octanol–water partition coefficient (Wildman–Crippen LogP) is 2.15. The molecule has 4 aromatic heterocycles. The lowest BCUT2D eigenvalue weighted by Gasteiger charge is -2.06. The number of pyridine rings is 1. The first-order valence-electron chi connectivity index (χ1n) is 7.88. The van der Waals surface area contributed by atoms with Crippen LogP contribution in [0.1, 0.15) is 16.5 Å². The molecule has 0 saturated carbocycles. The lowest BCUT2D eigenvalue weighted by Crippen LogP contribution is -2.34. The Morgan fingerprint density at radius 1 is 1.23 bits per heavy atom.